The molecule has 1 aliphatic heterocycles. The molecule has 0 aliphatic carbocycles. The molecule has 0 unspecified atom stereocenters. The van der Waals surface area contributed by atoms with Crippen molar-refractivity contribution < 1.29 is 17.9 Å². The summed E-state index contributed by atoms with van der Waals surface area (Å²) >= 11 is 4.44. The molecule has 2 aromatic rings. The van der Waals surface area contributed by atoms with E-state index < -0.39 is 10.0 Å². The highest BCUT2D eigenvalue weighted by Gasteiger charge is 2.27. The molecular weight excluding hydrogens is 418 g/mol. The van der Waals surface area contributed by atoms with Crippen LogP contribution in [-0.4, -0.2) is 49.9 Å². The van der Waals surface area contributed by atoms with E-state index in [1.807, 2.05) is 0 Å². The second-order valence-electron chi connectivity index (χ2n) is 5.15. The summed E-state index contributed by atoms with van der Waals surface area (Å²) in [7, 11) is -3.48. The minimum Gasteiger partial charge on any atom is -0.379 e. The van der Waals surface area contributed by atoms with Gasteiger partial charge < -0.3 is 15.0 Å². The van der Waals surface area contributed by atoms with E-state index in [1.54, 1.807) is 24.4 Å². The Bertz CT molecular complexity index is 825. The van der Waals surface area contributed by atoms with Crippen molar-refractivity contribution in [3.8, 4) is 0 Å². The first-order valence-electron chi connectivity index (χ1n) is 7.25. The minimum atomic E-state index is -3.48. The average Bonchev–Trinajstić information content (AvgIpc) is 3.23. The number of nitrogens with one attached hydrogen (secondary N) is 2. The molecule has 130 valence electrons. The first kappa shape index (κ1) is 17.6. The number of halogens is 1. The number of hydrogen-bond donors (Lipinski definition) is 2. The maximum absolute atomic E-state index is 12.5. The fourth-order valence-corrected chi connectivity index (χ4v) is 5.47. The molecule has 1 amide bonds. The van der Waals surface area contributed by atoms with Crippen LogP contribution in [0.2, 0.25) is 0 Å². The van der Waals surface area contributed by atoms with Crippen LogP contribution in [0.25, 0.3) is 0 Å². The topological polar surface area (TPSA) is 91.5 Å². The lowest BCUT2D eigenvalue weighted by Crippen LogP contribution is -2.40. The summed E-state index contributed by atoms with van der Waals surface area (Å²) in [5.74, 6) is -0.244. The van der Waals surface area contributed by atoms with Crippen LogP contribution in [0.4, 0.5) is 0 Å². The summed E-state index contributed by atoms with van der Waals surface area (Å²) in [4.78, 5) is 15.6. The molecule has 24 heavy (non-hydrogen) atoms. The van der Waals surface area contributed by atoms with Crippen molar-refractivity contribution in [1.29, 1.82) is 0 Å². The van der Waals surface area contributed by atoms with Gasteiger partial charge in [0, 0.05) is 28.6 Å². The monoisotopic (exact) mass is 433 g/mol. The Balaban J connectivity index is 1.64. The molecule has 10 heteroatoms. The van der Waals surface area contributed by atoms with Crippen molar-refractivity contribution in [3.05, 3.63) is 39.4 Å². The molecule has 1 saturated heterocycles. The Morgan fingerprint density at radius 3 is 2.79 bits per heavy atom. The molecule has 0 spiro atoms. The lowest BCUT2D eigenvalue weighted by molar-refractivity contribution is 0.0731. The third kappa shape index (κ3) is 3.89. The van der Waals surface area contributed by atoms with E-state index in [2.05, 4.69) is 26.2 Å². The van der Waals surface area contributed by atoms with Gasteiger partial charge in [-0.05, 0) is 34.1 Å². The number of rotatable bonds is 5. The van der Waals surface area contributed by atoms with Crippen molar-refractivity contribution in [1.82, 2.24) is 14.6 Å². The second-order valence-corrected chi connectivity index (χ2v) is 9.40. The molecular formula is C14H16BrN3O4S2. The second kappa shape index (κ2) is 7.36. The normalized spacial score (nSPS) is 16.2. The highest BCUT2D eigenvalue weighted by Crippen LogP contribution is 2.25. The van der Waals surface area contributed by atoms with Gasteiger partial charge in [0.1, 0.15) is 9.90 Å². The van der Waals surface area contributed by atoms with E-state index in [0.717, 1.165) is 9.35 Å². The highest BCUT2D eigenvalue weighted by atomic mass is 79.9. The van der Waals surface area contributed by atoms with Gasteiger partial charge in [0.05, 0.1) is 19.8 Å². The number of nitrogens with zero attached hydrogens (tertiary/aromatic N) is 1. The van der Waals surface area contributed by atoms with Crippen LogP contribution < -0.4 is 5.32 Å². The molecule has 0 saturated carbocycles. The number of carbonyl (C=O) groups is 1. The van der Waals surface area contributed by atoms with Gasteiger partial charge in [-0.3, -0.25) is 4.79 Å². The number of morpholine rings is 1. The Morgan fingerprint density at radius 2 is 2.12 bits per heavy atom. The number of sulfonamides is 1. The van der Waals surface area contributed by atoms with Gasteiger partial charge in [0.2, 0.25) is 0 Å². The van der Waals surface area contributed by atoms with Gasteiger partial charge in [-0.1, -0.05) is 0 Å². The fourth-order valence-electron chi connectivity index (χ4n) is 2.27. The third-order valence-corrected chi connectivity index (χ3v) is 7.43. The number of ether oxygens (including phenoxy) is 1. The summed E-state index contributed by atoms with van der Waals surface area (Å²) in [5.41, 5.74) is 0.444. The highest BCUT2D eigenvalue weighted by molar-refractivity contribution is 9.10. The van der Waals surface area contributed by atoms with Gasteiger partial charge in [-0.25, -0.2) is 8.42 Å². The largest absolute Gasteiger partial charge is 0.379 e. The van der Waals surface area contributed by atoms with Crippen molar-refractivity contribution in [2.45, 2.75) is 10.8 Å². The van der Waals surface area contributed by atoms with Crippen LogP contribution in [0.3, 0.4) is 0 Å². The maximum atomic E-state index is 12.5. The molecule has 1 fully saturated rings. The molecule has 0 bridgehead atoms. The smallest absolute Gasteiger partial charge is 0.268 e. The number of hydrogen-bond acceptors (Lipinski definition) is 5. The molecule has 0 aromatic carbocycles. The molecule has 7 nitrogen and oxygen atoms in total. The zero-order valence-electron chi connectivity index (χ0n) is 12.6. The molecule has 2 aromatic heterocycles. The third-order valence-electron chi connectivity index (χ3n) is 3.52. The van der Waals surface area contributed by atoms with Crippen molar-refractivity contribution in [2.75, 3.05) is 26.3 Å². The predicted octanol–water partition coefficient (Wildman–Crippen LogP) is 1.79. The zero-order chi connectivity index (χ0) is 17.2. The SMILES string of the molecule is O=C(NCc1ccc(S(=O)(=O)N2CCOCC2)s1)c1cc(Br)c[nH]1. The van der Waals surface area contributed by atoms with Gasteiger partial charge >= 0.3 is 0 Å². The summed E-state index contributed by atoms with van der Waals surface area (Å²) < 4.78 is 32.8. The van der Waals surface area contributed by atoms with Gasteiger partial charge in [-0.2, -0.15) is 4.31 Å². The fraction of sp³-hybridized carbons (Fsp3) is 0.357. The van der Waals surface area contributed by atoms with Crippen LogP contribution in [0.15, 0.2) is 33.1 Å². The number of thiophene rings is 1. The Hall–Kier alpha value is -1.20. The summed E-state index contributed by atoms with van der Waals surface area (Å²) in [5, 5.41) is 2.76. The van der Waals surface area contributed by atoms with E-state index in [1.165, 1.54) is 15.6 Å². The number of carbonyl (C=O) groups excluding carboxylic acids is 1. The molecule has 3 rings (SSSR count). The number of amides is 1. The van der Waals surface area contributed by atoms with Crippen molar-refractivity contribution in [3.63, 3.8) is 0 Å². The molecule has 1 aliphatic rings. The van der Waals surface area contributed by atoms with Crippen LogP contribution >= 0.6 is 27.3 Å². The first-order valence-corrected chi connectivity index (χ1v) is 10.3. The first-order chi connectivity index (χ1) is 11.5. The lowest BCUT2D eigenvalue weighted by Gasteiger charge is -2.25. The average molecular weight is 434 g/mol. The zero-order valence-corrected chi connectivity index (χ0v) is 15.8. The van der Waals surface area contributed by atoms with E-state index in [4.69, 9.17) is 4.74 Å². The molecule has 0 radical (unpaired) electrons. The van der Waals surface area contributed by atoms with Crippen LogP contribution in [-0.2, 0) is 21.3 Å². The Kier molecular flexibility index (Phi) is 5.40. The Morgan fingerprint density at radius 1 is 1.38 bits per heavy atom. The number of aromatic amines is 1. The number of aromatic nitrogens is 1. The molecule has 0 atom stereocenters. The summed E-state index contributed by atoms with van der Waals surface area (Å²) in [6.07, 6.45) is 1.67. The van der Waals surface area contributed by atoms with E-state index in [-0.39, 0.29) is 16.7 Å². The molecule has 3 heterocycles. The lowest BCUT2D eigenvalue weighted by atomic mass is 10.4. The van der Waals surface area contributed by atoms with E-state index >= 15 is 0 Å². The van der Waals surface area contributed by atoms with Crippen LogP contribution in [0, 0.1) is 0 Å². The van der Waals surface area contributed by atoms with E-state index in [9.17, 15) is 13.2 Å². The standard InChI is InChI=1S/C14H16BrN3O4S2/c15-10-7-12(16-8-10)14(19)17-9-11-1-2-13(23-11)24(20,21)18-3-5-22-6-4-18/h1-2,7-8,16H,3-6,9H2,(H,17,19). The van der Waals surface area contributed by atoms with Gasteiger partial charge in [0.15, 0.2) is 0 Å². The van der Waals surface area contributed by atoms with Gasteiger partial charge in [-0.15, -0.1) is 11.3 Å². The Labute approximate surface area is 152 Å². The van der Waals surface area contributed by atoms with Gasteiger partial charge in [0.25, 0.3) is 15.9 Å². The van der Waals surface area contributed by atoms with E-state index in [0.29, 0.717) is 32.0 Å². The van der Waals surface area contributed by atoms with Crippen molar-refractivity contribution in [2.24, 2.45) is 0 Å². The quantitative estimate of drug-likeness (QED) is 0.751. The maximum Gasteiger partial charge on any atom is 0.268 e. The number of H-pyrrole nitrogens is 1. The van der Waals surface area contributed by atoms with Crippen LogP contribution in [0.1, 0.15) is 15.4 Å². The minimum absolute atomic E-state index is 0.244. The van der Waals surface area contributed by atoms with Crippen molar-refractivity contribution >= 4 is 43.2 Å². The van der Waals surface area contributed by atoms with Crippen LogP contribution in [0.5, 0.6) is 0 Å². The summed E-state index contributed by atoms with van der Waals surface area (Å²) in [6.45, 7) is 1.85. The summed E-state index contributed by atoms with van der Waals surface area (Å²) in [6, 6.07) is 4.99. The predicted molar refractivity (Wildman–Crippen MR) is 93.6 cm³/mol. The molecule has 2 N–H and O–H groups in total.